The average molecular weight is 437 g/mol. The minimum atomic E-state index is -1.06. The van der Waals surface area contributed by atoms with Crippen molar-refractivity contribution >= 4 is 11.6 Å². The standard InChI is InChI=1S/C27H32O5/c1-8-10-17-11-14-21(22(15-17)30-7)31-19-13-12-18(9-2)20(16-19)23-24(28)26(3,4)32-27(5,6)25(23)29/h8,11-16,23H,1,9-10H2,2-7H3. The Balaban J connectivity index is 2.04. The van der Waals surface area contributed by atoms with Crippen molar-refractivity contribution in [1.29, 1.82) is 0 Å². The van der Waals surface area contributed by atoms with Crippen molar-refractivity contribution in [2.45, 2.75) is 64.6 Å². The molecule has 2 aromatic carbocycles. The van der Waals surface area contributed by atoms with Crippen molar-refractivity contribution in [1.82, 2.24) is 0 Å². The number of benzene rings is 2. The second-order valence-corrected chi connectivity index (χ2v) is 9.08. The van der Waals surface area contributed by atoms with Gasteiger partial charge in [-0.15, -0.1) is 6.58 Å². The van der Waals surface area contributed by atoms with Gasteiger partial charge in [-0.25, -0.2) is 0 Å². The third kappa shape index (κ3) is 4.49. The van der Waals surface area contributed by atoms with Crippen molar-refractivity contribution < 1.29 is 23.8 Å². The van der Waals surface area contributed by atoms with Crippen molar-refractivity contribution in [3.63, 3.8) is 0 Å². The molecule has 32 heavy (non-hydrogen) atoms. The molecule has 0 saturated carbocycles. The summed E-state index contributed by atoms with van der Waals surface area (Å²) in [7, 11) is 1.59. The Kier molecular flexibility index (Phi) is 6.61. The number of hydrogen-bond donors (Lipinski definition) is 0. The molecule has 0 unspecified atom stereocenters. The van der Waals surface area contributed by atoms with Crippen molar-refractivity contribution in [3.05, 3.63) is 65.7 Å². The molecule has 0 spiro atoms. The summed E-state index contributed by atoms with van der Waals surface area (Å²) < 4.78 is 17.5. The van der Waals surface area contributed by atoms with Crippen molar-refractivity contribution in [2.75, 3.05) is 7.11 Å². The van der Waals surface area contributed by atoms with Crippen LogP contribution in [0.25, 0.3) is 0 Å². The summed E-state index contributed by atoms with van der Waals surface area (Å²) >= 11 is 0. The second kappa shape index (κ2) is 8.91. The van der Waals surface area contributed by atoms with Crippen LogP contribution in [0.2, 0.25) is 0 Å². The highest BCUT2D eigenvalue weighted by Gasteiger charge is 2.53. The van der Waals surface area contributed by atoms with Gasteiger partial charge in [0.2, 0.25) is 0 Å². The molecule has 3 rings (SSSR count). The molecule has 0 radical (unpaired) electrons. The lowest BCUT2D eigenvalue weighted by Gasteiger charge is -2.43. The first-order valence-electron chi connectivity index (χ1n) is 10.9. The van der Waals surface area contributed by atoms with Gasteiger partial charge in [0.1, 0.15) is 22.9 Å². The molecule has 0 aliphatic carbocycles. The van der Waals surface area contributed by atoms with E-state index in [-0.39, 0.29) is 11.6 Å². The molecule has 0 N–H and O–H groups in total. The fourth-order valence-corrected chi connectivity index (χ4v) is 4.28. The molecule has 5 heteroatoms. The van der Waals surface area contributed by atoms with E-state index >= 15 is 0 Å². The average Bonchev–Trinajstić information content (AvgIpc) is 2.73. The van der Waals surface area contributed by atoms with Gasteiger partial charge in [0.25, 0.3) is 0 Å². The lowest BCUT2D eigenvalue weighted by Crippen LogP contribution is -2.58. The Morgan fingerprint density at radius 3 is 2.22 bits per heavy atom. The molecule has 0 amide bonds. The first-order chi connectivity index (χ1) is 15.0. The minimum Gasteiger partial charge on any atom is -0.493 e. The molecule has 170 valence electrons. The number of ether oxygens (including phenoxy) is 3. The predicted molar refractivity (Wildman–Crippen MR) is 125 cm³/mol. The summed E-state index contributed by atoms with van der Waals surface area (Å²) in [4.78, 5) is 26.5. The summed E-state index contributed by atoms with van der Waals surface area (Å²) in [5.41, 5.74) is 0.550. The topological polar surface area (TPSA) is 61.8 Å². The molecule has 0 atom stereocenters. The normalized spacial score (nSPS) is 17.8. The number of methoxy groups -OCH3 is 1. The Hall–Kier alpha value is -2.92. The zero-order valence-corrected chi connectivity index (χ0v) is 19.8. The summed E-state index contributed by atoms with van der Waals surface area (Å²) in [6.07, 6.45) is 3.25. The van der Waals surface area contributed by atoms with E-state index in [0.29, 0.717) is 29.2 Å². The maximum Gasteiger partial charge on any atom is 0.179 e. The molecular formula is C27H32O5. The first kappa shape index (κ1) is 23.7. The number of hydrogen-bond acceptors (Lipinski definition) is 5. The zero-order valence-electron chi connectivity index (χ0n) is 19.8. The molecule has 1 fully saturated rings. The van der Waals surface area contributed by atoms with Gasteiger partial charge in [-0.2, -0.15) is 0 Å². The van der Waals surface area contributed by atoms with E-state index in [1.165, 1.54) is 0 Å². The fourth-order valence-electron chi connectivity index (χ4n) is 4.28. The highest BCUT2D eigenvalue weighted by atomic mass is 16.5. The van der Waals surface area contributed by atoms with Crippen LogP contribution < -0.4 is 9.47 Å². The molecule has 1 aliphatic rings. The van der Waals surface area contributed by atoms with Crippen LogP contribution in [0.15, 0.2) is 49.1 Å². The number of ketones is 2. The lowest BCUT2D eigenvalue weighted by molar-refractivity contribution is -0.184. The Labute approximate surface area is 190 Å². The highest BCUT2D eigenvalue weighted by Crippen LogP contribution is 2.41. The SMILES string of the molecule is C=CCc1ccc(Oc2ccc(CC)c(C3C(=O)C(C)(C)OC(C)(C)C3=O)c2)c(OC)c1. The number of carbonyl (C=O) groups is 2. The van der Waals surface area contributed by atoms with Gasteiger partial charge in [-0.1, -0.05) is 25.1 Å². The van der Waals surface area contributed by atoms with Gasteiger partial charge < -0.3 is 14.2 Å². The van der Waals surface area contributed by atoms with Gasteiger partial charge in [-0.3, -0.25) is 9.59 Å². The molecule has 0 aromatic heterocycles. The molecular weight excluding hydrogens is 404 g/mol. The second-order valence-electron chi connectivity index (χ2n) is 9.08. The van der Waals surface area contributed by atoms with E-state index in [1.807, 2.05) is 43.3 Å². The van der Waals surface area contributed by atoms with E-state index in [4.69, 9.17) is 14.2 Å². The molecule has 0 bridgehead atoms. The number of carbonyl (C=O) groups excluding carboxylic acids is 2. The van der Waals surface area contributed by atoms with Crippen LogP contribution in [0.1, 0.15) is 57.2 Å². The molecule has 1 aliphatic heterocycles. The van der Waals surface area contributed by atoms with Gasteiger partial charge in [0, 0.05) is 0 Å². The highest BCUT2D eigenvalue weighted by molar-refractivity contribution is 6.15. The Bertz CT molecular complexity index is 1020. The van der Waals surface area contributed by atoms with E-state index < -0.39 is 17.1 Å². The number of allylic oxidation sites excluding steroid dienone is 1. The lowest BCUT2D eigenvalue weighted by atomic mass is 9.73. The molecule has 1 saturated heterocycles. The van der Waals surface area contributed by atoms with Crippen LogP contribution in [0, 0.1) is 0 Å². The summed E-state index contributed by atoms with van der Waals surface area (Å²) in [5.74, 6) is 0.325. The zero-order chi connectivity index (χ0) is 23.7. The van der Waals surface area contributed by atoms with E-state index in [9.17, 15) is 9.59 Å². The van der Waals surface area contributed by atoms with Gasteiger partial charge in [0.15, 0.2) is 23.1 Å². The minimum absolute atomic E-state index is 0.236. The van der Waals surface area contributed by atoms with E-state index in [1.54, 1.807) is 40.9 Å². The third-order valence-corrected chi connectivity index (χ3v) is 5.87. The Morgan fingerprint density at radius 1 is 1.00 bits per heavy atom. The van der Waals surface area contributed by atoms with Gasteiger partial charge in [-0.05, 0) is 81.5 Å². The van der Waals surface area contributed by atoms with Gasteiger partial charge in [0.05, 0.1) is 7.11 Å². The van der Waals surface area contributed by atoms with E-state index in [0.717, 1.165) is 17.5 Å². The summed E-state index contributed by atoms with van der Waals surface area (Å²) in [6.45, 7) is 12.7. The first-order valence-corrected chi connectivity index (χ1v) is 10.9. The third-order valence-electron chi connectivity index (χ3n) is 5.87. The van der Waals surface area contributed by atoms with E-state index in [2.05, 4.69) is 6.58 Å². The van der Waals surface area contributed by atoms with Crippen LogP contribution >= 0.6 is 0 Å². The summed E-state index contributed by atoms with van der Waals surface area (Å²) in [6, 6.07) is 11.3. The predicted octanol–water partition coefficient (Wildman–Crippen LogP) is 5.59. The quantitative estimate of drug-likeness (QED) is 0.418. The number of rotatable bonds is 7. The molecule has 1 heterocycles. The van der Waals surface area contributed by atoms with Gasteiger partial charge >= 0.3 is 0 Å². The number of Topliss-reactive ketones (excluding diaryl/α,β-unsaturated/α-hetero) is 2. The maximum atomic E-state index is 13.3. The van der Waals surface area contributed by atoms with Crippen LogP contribution in [0.3, 0.4) is 0 Å². The number of aryl methyl sites for hydroxylation is 1. The maximum absolute atomic E-state index is 13.3. The van der Waals surface area contributed by atoms with Crippen LogP contribution in [0.4, 0.5) is 0 Å². The largest absolute Gasteiger partial charge is 0.493 e. The summed E-state index contributed by atoms with van der Waals surface area (Å²) in [5, 5.41) is 0. The van der Waals surface area contributed by atoms with Crippen molar-refractivity contribution in [2.24, 2.45) is 0 Å². The molecule has 5 nitrogen and oxygen atoms in total. The fraction of sp³-hybridized carbons (Fsp3) is 0.407. The van der Waals surface area contributed by atoms with Crippen molar-refractivity contribution in [3.8, 4) is 17.2 Å². The van der Waals surface area contributed by atoms with Crippen LogP contribution in [-0.4, -0.2) is 29.9 Å². The smallest absolute Gasteiger partial charge is 0.179 e. The van der Waals surface area contributed by atoms with Crippen LogP contribution in [-0.2, 0) is 27.2 Å². The monoisotopic (exact) mass is 436 g/mol. The molecule has 2 aromatic rings. The Morgan fingerprint density at radius 2 is 1.66 bits per heavy atom. The van der Waals surface area contributed by atoms with Crippen LogP contribution in [0.5, 0.6) is 17.2 Å².